The van der Waals surface area contributed by atoms with Gasteiger partial charge in [0.2, 0.25) is 17.8 Å². The molecule has 30 heavy (non-hydrogen) atoms. The van der Waals surface area contributed by atoms with E-state index in [0.717, 1.165) is 22.8 Å². The van der Waals surface area contributed by atoms with Gasteiger partial charge in [-0.1, -0.05) is 18.2 Å². The third-order valence-electron chi connectivity index (χ3n) is 4.95. The lowest BCUT2D eigenvalue weighted by Crippen LogP contribution is -2.28. The van der Waals surface area contributed by atoms with Crippen LogP contribution in [0.15, 0.2) is 60.7 Å². The summed E-state index contributed by atoms with van der Waals surface area (Å²) in [5.41, 5.74) is 4.11. The summed E-state index contributed by atoms with van der Waals surface area (Å²) in [6, 6.07) is 18.7. The Morgan fingerprint density at radius 2 is 1.60 bits per heavy atom. The van der Waals surface area contributed by atoms with E-state index < -0.39 is 0 Å². The summed E-state index contributed by atoms with van der Waals surface area (Å²) in [5, 5.41) is 6.07. The highest BCUT2D eigenvalue weighted by Gasteiger charge is 2.35. The van der Waals surface area contributed by atoms with Crippen LogP contribution in [-0.2, 0) is 9.59 Å². The van der Waals surface area contributed by atoms with Crippen molar-refractivity contribution in [1.29, 1.82) is 0 Å². The number of nitrogens with one attached hydrogen (secondary N) is 2. The van der Waals surface area contributed by atoms with Gasteiger partial charge < -0.3 is 15.5 Å². The zero-order valence-electron chi connectivity index (χ0n) is 16.9. The lowest BCUT2D eigenvalue weighted by atomic mass is 10.1. The molecular formula is C23H23N5O2. The van der Waals surface area contributed by atoms with Gasteiger partial charge >= 0.3 is 0 Å². The number of carbonyl (C=O) groups excluding carboxylic acids is 2. The topological polar surface area (TPSA) is 87.2 Å². The molecule has 2 N–H and O–H groups in total. The molecule has 7 heteroatoms. The van der Waals surface area contributed by atoms with Crippen molar-refractivity contribution in [1.82, 2.24) is 9.97 Å². The van der Waals surface area contributed by atoms with Crippen molar-refractivity contribution in [2.45, 2.75) is 20.3 Å². The highest BCUT2D eigenvalue weighted by atomic mass is 16.2. The molecular weight excluding hydrogens is 378 g/mol. The Balaban J connectivity index is 1.37. The Morgan fingerprint density at radius 3 is 2.27 bits per heavy atom. The Bertz CT molecular complexity index is 1050. The predicted molar refractivity (Wildman–Crippen MR) is 117 cm³/mol. The molecule has 2 aromatic carbocycles. The van der Waals surface area contributed by atoms with Gasteiger partial charge in [0.1, 0.15) is 0 Å². The number of carbonyl (C=O) groups is 2. The van der Waals surface area contributed by atoms with E-state index in [0.29, 0.717) is 18.2 Å². The van der Waals surface area contributed by atoms with Crippen molar-refractivity contribution in [3.8, 4) is 0 Å². The molecule has 1 aliphatic rings. The first-order valence-electron chi connectivity index (χ1n) is 9.83. The quantitative estimate of drug-likeness (QED) is 0.678. The molecule has 0 bridgehead atoms. The van der Waals surface area contributed by atoms with Crippen LogP contribution in [0.4, 0.5) is 23.0 Å². The second-order valence-electron chi connectivity index (χ2n) is 7.41. The first-order chi connectivity index (χ1) is 14.5. The van der Waals surface area contributed by atoms with E-state index >= 15 is 0 Å². The monoisotopic (exact) mass is 401 g/mol. The average Bonchev–Trinajstić information content (AvgIpc) is 3.11. The minimum Gasteiger partial charge on any atom is -0.326 e. The highest BCUT2D eigenvalue weighted by molar-refractivity contribution is 6.03. The van der Waals surface area contributed by atoms with Gasteiger partial charge in [-0.05, 0) is 56.3 Å². The Hall–Kier alpha value is -3.74. The molecule has 2 amide bonds. The van der Waals surface area contributed by atoms with Crippen LogP contribution in [0.1, 0.15) is 17.8 Å². The maximum absolute atomic E-state index is 12.7. The fourth-order valence-electron chi connectivity index (χ4n) is 3.53. The second-order valence-corrected chi connectivity index (χ2v) is 7.41. The number of para-hydroxylation sites is 1. The molecule has 1 aliphatic heterocycles. The summed E-state index contributed by atoms with van der Waals surface area (Å²) in [6.45, 7) is 4.23. The van der Waals surface area contributed by atoms with Crippen LogP contribution >= 0.6 is 0 Å². The van der Waals surface area contributed by atoms with E-state index in [4.69, 9.17) is 0 Å². The third-order valence-corrected chi connectivity index (χ3v) is 4.95. The highest BCUT2D eigenvalue weighted by Crippen LogP contribution is 2.26. The van der Waals surface area contributed by atoms with Crippen molar-refractivity contribution in [2.24, 2.45) is 5.92 Å². The van der Waals surface area contributed by atoms with Crippen molar-refractivity contribution in [3.63, 3.8) is 0 Å². The van der Waals surface area contributed by atoms with Crippen LogP contribution < -0.4 is 15.5 Å². The van der Waals surface area contributed by atoms with Crippen LogP contribution in [0.3, 0.4) is 0 Å². The number of amides is 2. The van der Waals surface area contributed by atoms with Gasteiger partial charge in [0.25, 0.3) is 0 Å². The lowest BCUT2D eigenvalue weighted by Gasteiger charge is -2.16. The van der Waals surface area contributed by atoms with Crippen LogP contribution in [0.5, 0.6) is 0 Å². The normalized spacial score (nSPS) is 15.9. The number of nitrogens with zero attached hydrogens (tertiary/aromatic N) is 3. The number of rotatable bonds is 5. The van der Waals surface area contributed by atoms with E-state index in [-0.39, 0.29) is 24.2 Å². The molecule has 152 valence electrons. The second kappa shape index (κ2) is 8.32. The fourth-order valence-corrected chi connectivity index (χ4v) is 3.53. The smallest absolute Gasteiger partial charge is 0.229 e. The Labute approximate surface area is 175 Å². The summed E-state index contributed by atoms with van der Waals surface area (Å²) in [5.74, 6) is -0.0246. The van der Waals surface area contributed by atoms with Gasteiger partial charge in [-0.25, -0.2) is 9.97 Å². The number of benzene rings is 2. The molecule has 1 fully saturated rings. The van der Waals surface area contributed by atoms with Crippen LogP contribution in [0.25, 0.3) is 0 Å². The number of aromatic nitrogens is 2. The Kier molecular flexibility index (Phi) is 5.43. The summed E-state index contributed by atoms with van der Waals surface area (Å²) in [4.78, 5) is 35.4. The van der Waals surface area contributed by atoms with Gasteiger partial charge in [-0.3, -0.25) is 9.59 Å². The van der Waals surface area contributed by atoms with E-state index in [1.807, 2.05) is 74.5 Å². The molecule has 1 saturated heterocycles. The molecule has 0 spiro atoms. The first kappa shape index (κ1) is 19.6. The van der Waals surface area contributed by atoms with Crippen LogP contribution in [-0.4, -0.2) is 28.3 Å². The maximum Gasteiger partial charge on any atom is 0.229 e. The van der Waals surface area contributed by atoms with E-state index in [1.165, 1.54) is 0 Å². The Morgan fingerprint density at radius 1 is 0.967 bits per heavy atom. The summed E-state index contributed by atoms with van der Waals surface area (Å²) >= 11 is 0. The van der Waals surface area contributed by atoms with E-state index in [9.17, 15) is 9.59 Å². The third kappa shape index (κ3) is 4.46. The van der Waals surface area contributed by atoms with Gasteiger partial charge in [0, 0.05) is 41.4 Å². The SMILES string of the molecule is Cc1cc(C)nc(Nc2ccc(NC(=O)C3CC(=O)N(c4ccccc4)C3)cc2)n1. The largest absolute Gasteiger partial charge is 0.326 e. The summed E-state index contributed by atoms with van der Waals surface area (Å²) in [7, 11) is 0. The minimum atomic E-state index is -0.376. The van der Waals surface area contributed by atoms with Crippen molar-refractivity contribution in [2.75, 3.05) is 22.1 Å². The van der Waals surface area contributed by atoms with Crippen molar-refractivity contribution in [3.05, 3.63) is 72.1 Å². The average molecular weight is 401 g/mol. The zero-order valence-corrected chi connectivity index (χ0v) is 16.9. The molecule has 7 nitrogen and oxygen atoms in total. The number of aryl methyl sites for hydroxylation is 2. The van der Waals surface area contributed by atoms with Crippen molar-refractivity contribution >= 4 is 34.8 Å². The van der Waals surface area contributed by atoms with Gasteiger partial charge in [0.05, 0.1) is 5.92 Å². The zero-order chi connectivity index (χ0) is 21.1. The van der Waals surface area contributed by atoms with Gasteiger partial charge in [-0.2, -0.15) is 0 Å². The fraction of sp³-hybridized carbons (Fsp3) is 0.217. The van der Waals surface area contributed by atoms with Gasteiger partial charge in [-0.15, -0.1) is 0 Å². The summed E-state index contributed by atoms with van der Waals surface area (Å²) in [6.07, 6.45) is 0.213. The number of anilines is 4. The lowest BCUT2D eigenvalue weighted by molar-refractivity contribution is -0.122. The van der Waals surface area contributed by atoms with Gasteiger partial charge in [0.15, 0.2) is 0 Å². The number of hydrogen-bond donors (Lipinski definition) is 2. The predicted octanol–water partition coefficient (Wildman–Crippen LogP) is 3.83. The molecule has 2 heterocycles. The molecule has 0 saturated carbocycles. The molecule has 0 radical (unpaired) electrons. The molecule has 3 aromatic rings. The summed E-state index contributed by atoms with van der Waals surface area (Å²) < 4.78 is 0. The first-order valence-corrected chi connectivity index (χ1v) is 9.83. The van der Waals surface area contributed by atoms with E-state index in [1.54, 1.807) is 4.90 Å². The molecule has 1 aromatic heterocycles. The maximum atomic E-state index is 12.7. The minimum absolute atomic E-state index is 0.0330. The molecule has 1 unspecified atom stereocenters. The van der Waals surface area contributed by atoms with Crippen LogP contribution in [0.2, 0.25) is 0 Å². The molecule has 1 atom stereocenters. The molecule has 4 rings (SSSR count). The van der Waals surface area contributed by atoms with Crippen molar-refractivity contribution < 1.29 is 9.59 Å². The van der Waals surface area contributed by atoms with Crippen LogP contribution in [0, 0.1) is 19.8 Å². The molecule has 0 aliphatic carbocycles. The number of hydrogen-bond acceptors (Lipinski definition) is 5. The standard InChI is InChI=1S/C23H23N5O2/c1-15-12-16(2)25-23(24-15)27-19-10-8-18(9-11-19)26-22(30)17-13-21(29)28(14-17)20-6-4-3-5-7-20/h3-12,17H,13-14H2,1-2H3,(H,26,30)(H,24,25,27). The van der Waals surface area contributed by atoms with E-state index in [2.05, 4.69) is 20.6 Å².